The molecule has 2 nitrogen and oxygen atoms in total. The highest BCUT2D eigenvalue weighted by Crippen LogP contribution is 2.34. The fourth-order valence-corrected chi connectivity index (χ4v) is 4.97. The molecule has 2 saturated heterocycles. The number of piperidine rings is 2. The van der Waals surface area contributed by atoms with Crippen LogP contribution in [-0.4, -0.2) is 36.9 Å². The van der Waals surface area contributed by atoms with Gasteiger partial charge in [-0.1, -0.05) is 27.7 Å². The van der Waals surface area contributed by atoms with Crippen molar-refractivity contribution in [2.24, 2.45) is 35.5 Å². The molecule has 4 heteroatoms. The topological polar surface area (TPSA) is 24.1 Å². The molecule has 23 heavy (non-hydrogen) atoms. The monoisotopic (exact) mass is 362 g/mol. The molecule has 0 bridgehead atoms. The maximum atomic E-state index is 6.85. The minimum absolute atomic E-state index is 0.278. The van der Waals surface area contributed by atoms with Gasteiger partial charge in [-0.25, -0.2) is 0 Å². The predicted molar refractivity (Wildman–Crippen MR) is 103 cm³/mol. The summed E-state index contributed by atoms with van der Waals surface area (Å²) < 4.78 is 0. The number of nitrogens with one attached hydrogen (secondary N) is 2. The first-order valence-corrected chi connectivity index (χ1v) is 10.4. The fourth-order valence-electron chi connectivity index (χ4n) is 4.34. The third-order valence-corrected chi connectivity index (χ3v) is 7.39. The zero-order valence-corrected chi connectivity index (χ0v) is 16.8. The molecule has 2 heterocycles. The Morgan fingerprint density at radius 1 is 0.826 bits per heavy atom. The lowest BCUT2D eigenvalue weighted by Gasteiger charge is -2.38. The third-order valence-electron chi connectivity index (χ3n) is 5.99. The fraction of sp³-hybridized carbons (Fsp3) is 1.00. The number of hydrogen-bond donors (Lipinski definition) is 2. The Bertz CT molecular complexity index is 342. The lowest BCUT2D eigenvalue weighted by Crippen LogP contribution is -2.44. The van der Waals surface area contributed by atoms with E-state index >= 15 is 0 Å². The highest BCUT2D eigenvalue weighted by Gasteiger charge is 2.33. The van der Waals surface area contributed by atoms with Gasteiger partial charge >= 0.3 is 0 Å². The lowest BCUT2D eigenvalue weighted by atomic mass is 9.78. The van der Waals surface area contributed by atoms with Crippen molar-refractivity contribution in [3.05, 3.63) is 0 Å². The summed E-state index contributed by atoms with van der Waals surface area (Å²) in [4.78, 5) is 0. The summed E-state index contributed by atoms with van der Waals surface area (Å²) >= 11 is 13.5. The van der Waals surface area contributed by atoms with Gasteiger partial charge in [0.15, 0.2) is 0 Å². The first-order chi connectivity index (χ1) is 10.9. The highest BCUT2D eigenvalue weighted by molar-refractivity contribution is 6.21. The minimum atomic E-state index is 0.278. The van der Waals surface area contributed by atoms with E-state index in [9.17, 15) is 0 Å². The zero-order chi connectivity index (χ0) is 17.0. The summed E-state index contributed by atoms with van der Waals surface area (Å²) in [5.41, 5.74) is 0. The molecule has 0 aromatic heterocycles. The van der Waals surface area contributed by atoms with E-state index < -0.39 is 0 Å². The minimum Gasteiger partial charge on any atom is -0.316 e. The Labute approximate surface area is 153 Å². The number of rotatable bonds is 6. The molecule has 0 aliphatic carbocycles. The van der Waals surface area contributed by atoms with E-state index in [1.165, 1.54) is 12.8 Å². The van der Waals surface area contributed by atoms with E-state index in [0.29, 0.717) is 29.0 Å². The van der Waals surface area contributed by atoms with E-state index in [1.807, 2.05) is 0 Å². The second-order valence-electron chi connectivity index (χ2n) is 8.62. The number of hydrogen-bond acceptors (Lipinski definition) is 2. The van der Waals surface area contributed by atoms with Gasteiger partial charge in [0.2, 0.25) is 0 Å². The average molecular weight is 363 g/mol. The summed E-state index contributed by atoms with van der Waals surface area (Å²) in [7, 11) is 0. The molecule has 2 N–H and O–H groups in total. The van der Waals surface area contributed by atoms with Gasteiger partial charge < -0.3 is 10.6 Å². The molecular formula is C19H36Cl2N2. The van der Waals surface area contributed by atoms with Gasteiger partial charge in [0, 0.05) is 10.8 Å². The van der Waals surface area contributed by atoms with Crippen LogP contribution < -0.4 is 10.6 Å². The van der Waals surface area contributed by atoms with Crippen LogP contribution in [0.1, 0.15) is 47.0 Å². The van der Waals surface area contributed by atoms with Crippen molar-refractivity contribution in [3.8, 4) is 0 Å². The van der Waals surface area contributed by atoms with Crippen molar-refractivity contribution < 1.29 is 0 Å². The lowest BCUT2D eigenvalue weighted by molar-refractivity contribution is 0.199. The van der Waals surface area contributed by atoms with Crippen LogP contribution in [0.3, 0.4) is 0 Å². The Morgan fingerprint density at radius 2 is 1.43 bits per heavy atom. The molecule has 6 unspecified atom stereocenters. The van der Waals surface area contributed by atoms with Crippen molar-refractivity contribution in [3.63, 3.8) is 0 Å². The van der Waals surface area contributed by atoms with Crippen LogP contribution >= 0.6 is 23.2 Å². The molecule has 0 aromatic rings. The molecule has 2 rings (SSSR count). The van der Waals surface area contributed by atoms with E-state index in [0.717, 1.165) is 44.4 Å². The Balaban J connectivity index is 1.83. The predicted octanol–water partition coefficient (Wildman–Crippen LogP) is 4.35. The smallest absolute Gasteiger partial charge is 0.0399 e. The second-order valence-corrected chi connectivity index (χ2v) is 9.68. The first-order valence-electron chi connectivity index (χ1n) is 9.58. The molecule has 2 aliphatic heterocycles. The van der Waals surface area contributed by atoms with Crippen molar-refractivity contribution >= 4 is 23.2 Å². The molecule has 2 aliphatic rings. The summed E-state index contributed by atoms with van der Waals surface area (Å²) in [6, 6.07) is 0. The standard InChI is InChI=1S/C19H36Cl2N2/c1-12(2)15-7-16(10-23-9-15)18(20)6-14-5-17(11-22-8-14)19(21)13(3)4/h12-19,22-23H,5-11H2,1-4H3. The molecule has 0 spiro atoms. The van der Waals surface area contributed by atoms with Crippen LogP contribution in [0.15, 0.2) is 0 Å². The maximum absolute atomic E-state index is 6.85. The van der Waals surface area contributed by atoms with Gasteiger partial charge in [-0.3, -0.25) is 0 Å². The molecule has 0 aromatic carbocycles. The van der Waals surface area contributed by atoms with Gasteiger partial charge in [0.25, 0.3) is 0 Å². The Morgan fingerprint density at radius 3 is 2.09 bits per heavy atom. The summed E-state index contributed by atoms with van der Waals surface area (Å²) in [5.74, 6) is 3.96. The van der Waals surface area contributed by atoms with E-state index in [-0.39, 0.29) is 5.38 Å². The quantitative estimate of drug-likeness (QED) is 0.686. The molecule has 6 atom stereocenters. The number of alkyl halides is 2. The Kier molecular flexibility index (Phi) is 7.99. The van der Waals surface area contributed by atoms with E-state index in [2.05, 4.69) is 38.3 Å². The maximum Gasteiger partial charge on any atom is 0.0399 e. The highest BCUT2D eigenvalue weighted by atomic mass is 35.5. The van der Waals surface area contributed by atoms with Crippen molar-refractivity contribution in [2.45, 2.75) is 57.7 Å². The van der Waals surface area contributed by atoms with Crippen molar-refractivity contribution in [1.82, 2.24) is 10.6 Å². The third kappa shape index (κ3) is 5.76. The van der Waals surface area contributed by atoms with Gasteiger partial charge in [-0.2, -0.15) is 0 Å². The van der Waals surface area contributed by atoms with E-state index in [1.54, 1.807) is 0 Å². The van der Waals surface area contributed by atoms with Crippen LogP contribution in [0.2, 0.25) is 0 Å². The molecule has 0 saturated carbocycles. The van der Waals surface area contributed by atoms with Crippen molar-refractivity contribution in [1.29, 1.82) is 0 Å². The molecule has 0 amide bonds. The van der Waals surface area contributed by atoms with Crippen LogP contribution in [-0.2, 0) is 0 Å². The van der Waals surface area contributed by atoms with Crippen LogP contribution in [0.4, 0.5) is 0 Å². The van der Waals surface area contributed by atoms with Gasteiger partial charge in [-0.15, -0.1) is 23.2 Å². The second kappa shape index (κ2) is 9.27. The summed E-state index contributed by atoms with van der Waals surface area (Å²) in [5, 5.41) is 7.77. The zero-order valence-electron chi connectivity index (χ0n) is 15.3. The van der Waals surface area contributed by atoms with E-state index in [4.69, 9.17) is 23.2 Å². The normalized spacial score (nSPS) is 35.5. The summed E-state index contributed by atoms with van der Waals surface area (Å²) in [6.07, 6.45) is 3.65. The van der Waals surface area contributed by atoms with Gasteiger partial charge in [-0.05, 0) is 80.9 Å². The molecular weight excluding hydrogens is 327 g/mol. The summed E-state index contributed by atoms with van der Waals surface area (Å²) in [6.45, 7) is 13.5. The molecule has 0 radical (unpaired) electrons. The first kappa shape index (κ1) is 19.8. The average Bonchev–Trinajstić information content (AvgIpc) is 2.54. The number of halogens is 2. The Hall–Kier alpha value is 0.500. The SMILES string of the molecule is CC(C)C1CNCC(C(Cl)CC2CNCC(C(Cl)C(C)C)C2)C1. The van der Waals surface area contributed by atoms with Gasteiger partial charge in [0.1, 0.15) is 0 Å². The van der Waals surface area contributed by atoms with Crippen LogP contribution in [0.5, 0.6) is 0 Å². The van der Waals surface area contributed by atoms with Crippen LogP contribution in [0.25, 0.3) is 0 Å². The van der Waals surface area contributed by atoms with Gasteiger partial charge in [0.05, 0.1) is 0 Å². The largest absolute Gasteiger partial charge is 0.316 e. The molecule has 2 fully saturated rings. The van der Waals surface area contributed by atoms with Crippen molar-refractivity contribution in [2.75, 3.05) is 26.2 Å². The molecule has 136 valence electrons. The van der Waals surface area contributed by atoms with Crippen LogP contribution in [0, 0.1) is 35.5 Å².